The lowest BCUT2D eigenvalue weighted by Gasteiger charge is -2.24. The van der Waals surface area contributed by atoms with E-state index >= 15 is 0 Å². The summed E-state index contributed by atoms with van der Waals surface area (Å²) in [7, 11) is 0. The second kappa shape index (κ2) is 6.33. The van der Waals surface area contributed by atoms with Crippen molar-refractivity contribution in [1.82, 2.24) is 10.6 Å². The Kier molecular flexibility index (Phi) is 4.52. The Balaban J connectivity index is 1.95. The minimum absolute atomic E-state index is 0.00850. The molecule has 3 N–H and O–H groups in total. The van der Waals surface area contributed by atoms with Crippen LogP contribution in [0.1, 0.15) is 24.4 Å². The van der Waals surface area contributed by atoms with E-state index in [1.54, 1.807) is 0 Å². The summed E-state index contributed by atoms with van der Waals surface area (Å²) in [5.74, 6) is -0.343. The quantitative estimate of drug-likeness (QED) is 0.733. The molecule has 1 fully saturated rings. The standard InChI is InChI=1S/C14H18N2O3/c17-9-12(10-4-2-1-3-5-10)16-14(19)11-6-7-13(18)15-8-11/h1-5,11-12,17H,6-9H2,(H,15,18)(H,16,19)/t11?,12-/m1/s1. The van der Waals surface area contributed by atoms with Gasteiger partial charge in [0.25, 0.3) is 0 Å². The van der Waals surface area contributed by atoms with Crippen molar-refractivity contribution in [3.8, 4) is 0 Å². The van der Waals surface area contributed by atoms with E-state index in [-0.39, 0.29) is 24.3 Å². The van der Waals surface area contributed by atoms with Crippen LogP contribution in [0.5, 0.6) is 0 Å². The maximum atomic E-state index is 12.1. The lowest BCUT2D eigenvalue weighted by atomic mass is 9.97. The molecule has 1 aliphatic rings. The zero-order valence-electron chi connectivity index (χ0n) is 10.6. The monoisotopic (exact) mass is 262 g/mol. The molecule has 2 amide bonds. The summed E-state index contributed by atoms with van der Waals surface area (Å²) in [4.78, 5) is 23.1. The highest BCUT2D eigenvalue weighted by Gasteiger charge is 2.26. The predicted octanol–water partition coefficient (Wildman–Crippen LogP) is 0.362. The third-order valence-electron chi connectivity index (χ3n) is 3.34. The Morgan fingerprint density at radius 2 is 2.16 bits per heavy atom. The number of benzene rings is 1. The third kappa shape index (κ3) is 3.54. The summed E-state index contributed by atoms with van der Waals surface area (Å²) < 4.78 is 0. The molecule has 0 aliphatic carbocycles. The van der Waals surface area contributed by atoms with Crippen LogP contribution in [0, 0.1) is 5.92 Å². The number of hydrogen-bond donors (Lipinski definition) is 3. The summed E-state index contributed by atoms with van der Waals surface area (Å²) in [6.45, 7) is 0.229. The van der Waals surface area contributed by atoms with Gasteiger partial charge in [-0.25, -0.2) is 0 Å². The minimum atomic E-state index is -0.397. The van der Waals surface area contributed by atoms with Crippen molar-refractivity contribution in [3.63, 3.8) is 0 Å². The van der Waals surface area contributed by atoms with Gasteiger partial charge in [0.2, 0.25) is 11.8 Å². The molecule has 102 valence electrons. The highest BCUT2D eigenvalue weighted by Crippen LogP contribution is 2.15. The Hall–Kier alpha value is -1.88. The van der Waals surface area contributed by atoms with Gasteiger partial charge in [-0.3, -0.25) is 9.59 Å². The molecule has 5 heteroatoms. The number of aliphatic hydroxyl groups excluding tert-OH is 1. The largest absolute Gasteiger partial charge is 0.394 e. The lowest BCUT2D eigenvalue weighted by Crippen LogP contribution is -2.44. The van der Waals surface area contributed by atoms with Crippen molar-refractivity contribution in [2.45, 2.75) is 18.9 Å². The molecule has 2 atom stereocenters. The summed E-state index contributed by atoms with van der Waals surface area (Å²) in [6.07, 6.45) is 0.942. The molecule has 19 heavy (non-hydrogen) atoms. The Labute approximate surface area is 112 Å². The SMILES string of the molecule is O=C1CCC(C(=O)N[C@H](CO)c2ccccc2)CN1. The van der Waals surface area contributed by atoms with Crippen molar-refractivity contribution in [3.05, 3.63) is 35.9 Å². The van der Waals surface area contributed by atoms with Crippen LogP contribution in [0.25, 0.3) is 0 Å². The van der Waals surface area contributed by atoms with E-state index in [1.165, 1.54) is 0 Å². The van der Waals surface area contributed by atoms with Gasteiger partial charge in [-0.2, -0.15) is 0 Å². The molecule has 1 aliphatic heterocycles. The maximum absolute atomic E-state index is 12.1. The van der Waals surface area contributed by atoms with Crippen molar-refractivity contribution >= 4 is 11.8 Å². The van der Waals surface area contributed by atoms with Gasteiger partial charge in [-0.1, -0.05) is 30.3 Å². The molecule has 0 radical (unpaired) electrons. The van der Waals surface area contributed by atoms with E-state index in [2.05, 4.69) is 10.6 Å². The Bertz CT molecular complexity index is 437. The first kappa shape index (κ1) is 13.5. The molecule has 0 saturated carbocycles. The molecule has 1 aromatic carbocycles. The average Bonchev–Trinajstić information content (AvgIpc) is 2.46. The topological polar surface area (TPSA) is 78.4 Å². The van der Waals surface area contributed by atoms with Gasteiger partial charge >= 0.3 is 0 Å². The number of carbonyl (C=O) groups excluding carboxylic acids is 2. The molecule has 1 aromatic rings. The summed E-state index contributed by atoms with van der Waals surface area (Å²) in [5, 5.41) is 14.9. The third-order valence-corrected chi connectivity index (χ3v) is 3.34. The lowest BCUT2D eigenvalue weighted by molar-refractivity contribution is -0.129. The fourth-order valence-corrected chi connectivity index (χ4v) is 2.17. The van der Waals surface area contributed by atoms with Crippen LogP contribution in [0.4, 0.5) is 0 Å². The molecule has 0 bridgehead atoms. The number of piperidine rings is 1. The minimum Gasteiger partial charge on any atom is -0.394 e. The van der Waals surface area contributed by atoms with Gasteiger partial charge in [0, 0.05) is 13.0 Å². The zero-order chi connectivity index (χ0) is 13.7. The fourth-order valence-electron chi connectivity index (χ4n) is 2.17. The molecule has 1 saturated heterocycles. The fraction of sp³-hybridized carbons (Fsp3) is 0.429. The molecule has 0 spiro atoms. The van der Waals surface area contributed by atoms with Crippen LogP contribution < -0.4 is 10.6 Å². The van der Waals surface area contributed by atoms with E-state index in [0.717, 1.165) is 5.56 Å². The van der Waals surface area contributed by atoms with Crippen LogP contribution >= 0.6 is 0 Å². The van der Waals surface area contributed by atoms with E-state index < -0.39 is 6.04 Å². The van der Waals surface area contributed by atoms with Gasteiger partial charge in [-0.15, -0.1) is 0 Å². The average molecular weight is 262 g/mol. The van der Waals surface area contributed by atoms with Crippen molar-refractivity contribution in [2.75, 3.05) is 13.2 Å². The second-order valence-electron chi connectivity index (χ2n) is 4.69. The smallest absolute Gasteiger partial charge is 0.225 e. The Morgan fingerprint density at radius 1 is 1.42 bits per heavy atom. The van der Waals surface area contributed by atoms with Gasteiger partial charge in [0.15, 0.2) is 0 Å². The predicted molar refractivity (Wildman–Crippen MR) is 70.1 cm³/mol. The summed E-state index contributed by atoms with van der Waals surface area (Å²) >= 11 is 0. The van der Waals surface area contributed by atoms with Gasteiger partial charge in [0.05, 0.1) is 18.6 Å². The van der Waals surface area contributed by atoms with Crippen LogP contribution in [0.3, 0.4) is 0 Å². The first-order valence-electron chi connectivity index (χ1n) is 6.43. The maximum Gasteiger partial charge on any atom is 0.225 e. The number of aliphatic hydroxyl groups is 1. The summed E-state index contributed by atoms with van der Waals surface area (Å²) in [6, 6.07) is 8.95. The molecule has 1 heterocycles. The first-order chi connectivity index (χ1) is 9.20. The Morgan fingerprint density at radius 3 is 2.74 bits per heavy atom. The molecule has 2 rings (SSSR count). The molecular formula is C14H18N2O3. The van der Waals surface area contributed by atoms with Crippen molar-refractivity contribution < 1.29 is 14.7 Å². The summed E-state index contributed by atoms with van der Waals surface area (Å²) in [5.41, 5.74) is 0.873. The van der Waals surface area contributed by atoms with E-state index in [9.17, 15) is 14.7 Å². The zero-order valence-corrected chi connectivity index (χ0v) is 10.6. The molecule has 1 unspecified atom stereocenters. The highest BCUT2D eigenvalue weighted by molar-refractivity contribution is 5.83. The second-order valence-corrected chi connectivity index (χ2v) is 4.69. The van der Waals surface area contributed by atoms with E-state index in [4.69, 9.17) is 0 Å². The van der Waals surface area contributed by atoms with Crippen LogP contribution in [-0.2, 0) is 9.59 Å². The highest BCUT2D eigenvalue weighted by atomic mass is 16.3. The number of nitrogens with one attached hydrogen (secondary N) is 2. The van der Waals surface area contributed by atoms with E-state index in [0.29, 0.717) is 19.4 Å². The van der Waals surface area contributed by atoms with Crippen LogP contribution in [-0.4, -0.2) is 30.1 Å². The van der Waals surface area contributed by atoms with Gasteiger partial charge in [-0.05, 0) is 12.0 Å². The van der Waals surface area contributed by atoms with E-state index in [1.807, 2.05) is 30.3 Å². The van der Waals surface area contributed by atoms with Gasteiger partial charge in [0.1, 0.15) is 0 Å². The van der Waals surface area contributed by atoms with Crippen LogP contribution in [0.15, 0.2) is 30.3 Å². The number of rotatable bonds is 4. The molecular weight excluding hydrogens is 244 g/mol. The van der Waals surface area contributed by atoms with Crippen molar-refractivity contribution in [2.24, 2.45) is 5.92 Å². The van der Waals surface area contributed by atoms with Crippen LogP contribution in [0.2, 0.25) is 0 Å². The molecule has 0 aromatic heterocycles. The first-order valence-corrected chi connectivity index (χ1v) is 6.43. The number of amides is 2. The van der Waals surface area contributed by atoms with Gasteiger partial charge < -0.3 is 15.7 Å². The number of hydrogen-bond acceptors (Lipinski definition) is 3. The number of carbonyl (C=O) groups is 2. The van der Waals surface area contributed by atoms with Crippen molar-refractivity contribution in [1.29, 1.82) is 0 Å². The normalized spacial score (nSPS) is 20.5. The molecule has 5 nitrogen and oxygen atoms in total.